The molecule has 1 fully saturated rings. The smallest absolute Gasteiger partial charge is 0.222 e. The Bertz CT molecular complexity index is 988. The van der Waals surface area contributed by atoms with E-state index >= 15 is 0 Å². The number of rotatable bonds is 9. The second-order valence-electron chi connectivity index (χ2n) is 8.67. The third-order valence-corrected chi connectivity index (χ3v) is 6.33. The average Bonchev–Trinajstić information content (AvgIpc) is 2.88. The molecule has 1 heterocycles. The molecule has 34 heavy (non-hydrogen) atoms. The first-order valence-corrected chi connectivity index (χ1v) is 11.9. The third-order valence-electron chi connectivity index (χ3n) is 6.33. The summed E-state index contributed by atoms with van der Waals surface area (Å²) in [6, 6.07) is 22.9. The Morgan fingerprint density at radius 3 is 1.88 bits per heavy atom. The van der Waals surface area contributed by atoms with E-state index in [0.717, 1.165) is 63.5 Å². The average molecular weight is 464 g/mol. The first-order chi connectivity index (χ1) is 16.6. The maximum Gasteiger partial charge on any atom is 0.222 e. The van der Waals surface area contributed by atoms with E-state index in [1.807, 2.05) is 23.1 Å². The van der Waals surface area contributed by atoms with Crippen molar-refractivity contribution in [1.29, 1.82) is 0 Å². The predicted octanol–water partition coefficient (Wildman–Crippen LogP) is 5.27. The summed E-state index contributed by atoms with van der Waals surface area (Å²) in [6.45, 7) is 4.88. The van der Waals surface area contributed by atoms with E-state index in [4.69, 9.17) is 0 Å². The second kappa shape index (κ2) is 11.7. The zero-order chi connectivity index (χ0) is 23.8. The van der Waals surface area contributed by atoms with E-state index in [9.17, 15) is 13.6 Å². The van der Waals surface area contributed by atoms with Gasteiger partial charge >= 0.3 is 0 Å². The molecular weight excluding hydrogens is 432 g/mol. The van der Waals surface area contributed by atoms with Crippen LogP contribution in [-0.4, -0.2) is 55.0 Å². The summed E-state index contributed by atoms with van der Waals surface area (Å²) in [5.74, 6) is -0.333. The molecule has 6 heteroatoms. The van der Waals surface area contributed by atoms with Gasteiger partial charge in [-0.3, -0.25) is 9.69 Å². The van der Waals surface area contributed by atoms with Crippen LogP contribution in [0.25, 0.3) is 0 Å². The maximum absolute atomic E-state index is 13.4. The van der Waals surface area contributed by atoms with Crippen LogP contribution < -0.4 is 4.90 Å². The number of carbonyl (C=O) groups excluding carboxylic acids is 1. The van der Waals surface area contributed by atoms with Crippen molar-refractivity contribution in [2.75, 3.05) is 44.2 Å². The topological polar surface area (TPSA) is 26.8 Å². The Hall–Kier alpha value is -3.25. The van der Waals surface area contributed by atoms with Gasteiger partial charge < -0.3 is 9.80 Å². The number of anilines is 2. The number of aryl methyl sites for hydroxylation is 1. The van der Waals surface area contributed by atoms with Gasteiger partial charge in [-0.2, -0.15) is 0 Å². The van der Waals surface area contributed by atoms with Crippen molar-refractivity contribution in [2.24, 2.45) is 0 Å². The molecule has 3 aromatic rings. The van der Waals surface area contributed by atoms with E-state index in [0.29, 0.717) is 6.42 Å². The van der Waals surface area contributed by atoms with Crippen molar-refractivity contribution in [2.45, 2.75) is 19.3 Å². The Morgan fingerprint density at radius 1 is 0.765 bits per heavy atom. The van der Waals surface area contributed by atoms with Gasteiger partial charge in [-0.1, -0.05) is 30.3 Å². The van der Waals surface area contributed by atoms with Crippen LogP contribution in [0.2, 0.25) is 0 Å². The van der Waals surface area contributed by atoms with Crippen LogP contribution in [-0.2, 0) is 11.2 Å². The molecule has 3 aromatic carbocycles. The van der Waals surface area contributed by atoms with Crippen LogP contribution in [0.5, 0.6) is 0 Å². The molecule has 1 aliphatic rings. The highest BCUT2D eigenvalue weighted by Gasteiger charge is 2.21. The monoisotopic (exact) mass is 463 g/mol. The fourth-order valence-corrected chi connectivity index (χ4v) is 4.38. The Labute approximate surface area is 200 Å². The first-order valence-electron chi connectivity index (χ1n) is 11.9. The molecule has 4 rings (SSSR count). The molecule has 0 bridgehead atoms. The minimum absolute atomic E-state index is 0.224. The van der Waals surface area contributed by atoms with Gasteiger partial charge in [0.05, 0.1) is 0 Å². The maximum atomic E-state index is 13.4. The molecule has 0 unspecified atom stereocenters. The molecule has 0 saturated carbocycles. The molecule has 0 radical (unpaired) electrons. The molecule has 1 amide bonds. The summed E-state index contributed by atoms with van der Waals surface area (Å²) in [5.41, 5.74) is 2.95. The van der Waals surface area contributed by atoms with Crippen molar-refractivity contribution in [1.82, 2.24) is 9.80 Å². The summed E-state index contributed by atoms with van der Waals surface area (Å²) < 4.78 is 26.8. The van der Waals surface area contributed by atoms with Gasteiger partial charge in [-0.15, -0.1) is 0 Å². The van der Waals surface area contributed by atoms with Crippen LogP contribution in [0.3, 0.4) is 0 Å². The van der Waals surface area contributed by atoms with Gasteiger partial charge in [0.2, 0.25) is 5.91 Å². The molecule has 0 atom stereocenters. The lowest BCUT2D eigenvalue weighted by Gasteiger charge is -2.35. The van der Waals surface area contributed by atoms with Gasteiger partial charge in [-0.25, -0.2) is 8.78 Å². The number of carbonyl (C=O) groups is 1. The van der Waals surface area contributed by atoms with Crippen LogP contribution in [0.15, 0.2) is 78.9 Å². The first kappa shape index (κ1) is 23.9. The summed E-state index contributed by atoms with van der Waals surface area (Å²) in [4.78, 5) is 19.0. The zero-order valence-electron chi connectivity index (χ0n) is 19.4. The van der Waals surface area contributed by atoms with Gasteiger partial charge in [0.1, 0.15) is 11.6 Å². The van der Waals surface area contributed by atoms with Crippen LogP contribution in [0, 0.1) is 11.6 Å². The highest BCUT2D eigenvalue weighted by molar-refractivity contribution is 5.76. The van der Waals surface area contributed by atoms with Crippen molar-refractivity contribution in [3.8, 4) is 0 Å². The Balaban J connectivity index is 1.25. The number of amides is 1. The minimum atomic E-state index is -0.279. The third kappa shape index (κ3) is 6.64. The van der Waals surface area contributed by atoms with Gasteiger partial charge in [0, 0.05) is 50.5 Å². The number of benzene rings is 3. The Morgan fingerprint density at radius 2 is 1.32 bits per heavy atom. The predicted molar refractivity (Wildman–Crippen MR) is 132 cm³/mol. The van der Waals surface area contributed by atoms with E-state index < -0.39 is 0 Å². The molecule has 4 nitrogen and oxygen atoms in total. The number of nitrogens with zero attached hydrogens (tertiary/aromatic N) is 3. The highest BCUT2D eigenvalue weighted by Crippen LogP contribution is 2.26. The Kier molecular flexibility index (Phi) is 8.26. The molecule has 1 saturated heterocycles. The lowest BCUT2D eigenvalue weighted by Crippen LogP contribution is -2.49. The van der Waals surface area contributed by atoms with Crippen LogP contribution in [0.1, 0.15) is 18.4 Å². The van der Waals surface area contributed by atoms with Gasteiger partial charge in [-0.05, 0) is 73.5 Å². The van der Waals surface area contributed by atoms with Crippen molar-refractivity contribution >= 4 is 17.3 Å². The van der Waals surface area contributed by atoms with Gasteiger partial charge in [0.15, 0.2) is 0 Å². The van der Waals surface area contributed by atoms with Crippen LogP contribution >= 0.6 is 0 Å². The molecule has 1 aliphatic heterocycles. The number of halogens is 2. The normalized spacial score (nSPS) is 14.2. The number of hydrogen-bond acceptors (Lipinski definition) is 3. The van der Waals surface area contributed by atoms with Crippen molar-refractivity contribution < 1.29 is 13.6 Å². The lowest BCUT2D eigenvalue weighted by molar-refractivity contribution is -0.132. The summed E-state index contributed by atoms with van der Waals surface area (Å²) >= 11 is 0. The van der Waals surface area contributed by atoms with E-state index in [-0.39, 0.29) is 17.5 Å². The molecule has 0 aliphatic carbocycles. The molecule has 0 spiro atoms. The summed E-state index contributed by atoms with van der Waals surface area (Å²) in [7, 11) is 0. The zero-order valence-corrected chi connectivity index (χ0v) is 19.4. The number of piperazine rings is 1. The van der Waals surface area contributed by atoms with Crippen molar-refractivity contribution in [3.63, 3.8) is 0 Å². The van der Waals surface area contributed by atoms with E-state index in [1.54, 1.807) is 24.3 Å². The molecular formula is C28H31F2N3O. The fraction of sp³-hybridized carbons (Fsp3) is 0.321. The summed E-state index contributed by atoms with van der Waals surface area (Å²) in [5, 5.41) is 0. The largest absolute Gasteiger partial charge is 0.341 e. The van der Waals surface area contributed by atoms with E-state index in [2.05, 4.69) is 21.9 Å². The SMILES string of the molecule is O=C(CCc1ccccc1)N1CCN(CCCN(c2ccc(F)cc2)c2ccc(F)cc2)CC1. The highest BCUT2D eigenvalue weighted by atomic mass is 19.1. The minimum Gasteiger partial charge on any atom is -0.341 e. The summed E-state index contributed by atoms with van der Waals surface area (Å²) in [6.07, 6.45) is 2.23. The fourth-order valence-electron chi connectivity index (χ4n) is 4.38. The lowest BCUT2D eigenvalue weighted by atomic mass is 10.1. The van der Waals surface area contributed by atoms with Gasteiger partial charge in [0.25, 0.3) is 0 Å². The van der Waals surface area contributed by atoms with E-state index in [1.165, 1.54) is 29.8 Å². The molecule has 178 valence electrons. The standard InChI is InChI=1S/C28H31F2N3O/c29-24-8-12-26(13-9-24)33(27-14-10-25(30)11-15-27)18-4-17-31-19-21-32(22-20-31)28(34)16-7-23-5-2-1-3-6-23/h1-3,5-6,8-15H,4,7,16-22H2. The molecule has 0 N–H and O–H groups in total. The molecule has 0 aromatic heterocycles. The van der Waals surface area contributed by atoms with Crippen molar-refractivity contribution in [3.05, 3.63) is 96.1 Å². The number of hydrogen-bond donors (Lipinski definition) is 0. The quantitative estimate of drug-likeness (QED) is 0.433. The second-order valence-corrected chi connectivity index (χ2v) is 8.67. The van der Waals surface area contributed by atoms with Crippen LogP contribution in [0.4, 0.5) is 20.2 Å².